The molecule has 4 rings (SSSR count). The van der Waals surface area contributed by atoms with E-state index in [1.54, 1.807) is 4.90 Å². The number of nitrogens with zero attached hydrogens (tertiary/aromatic N) is 2. The lowest BCUT2D eigenvalue weighted by Crippen LogP contribution is -2.48. The second-order valence-corrected chi connectivity index (χ2v) is 9.40. The lowest BCUT2D eigenvalue weighted by molar-refractivity contribution is -0.132. The van der Waals surface area contributed by atoms with Gasteiger partial charge in [0.1, 0.15) is 0 Å². The fourth-order valence-corrected chi connectivity index (χ4v) is 4.51. The van der Waals surface area contributed by atoms with Crippen molar-refractivity contribution in [2.45, 2.75) is 13.0 Å². The largest absolute Gasteiger partial charge is 0.454 e. The second kappa shape index (κ2) is 10.2. The first kappa shape index (κ1) is 22.3. The molecule has 2 heterocycles. The number of hydrogen-bond acceptors (Lipinski definition) is 6. The number of carbonyl (C=O) groups is 1. The minimum absolute atomic E-state index is 0.0394. The lowest BCUT2D eigenvalue weighted by atomic mass is 10.1. The molecule has 1 fully saturated rings. The van der Waals surface area contributed by atoms with Crippen LogP contribution in [0.3, 0.4) is 0 Å². The highest BCUT2D eigenvalue weighted by atomic mass is 32.2. The summed E-state index contributed by atoms with van der Waals surface area (Å²) in [5.41, 5.74) is 1.94. The Morgan fingerprint density at radius 2 is 1.75 bits per heavy atom. The minimum Gasteiger partial charge on any atom is -0.454 e. The summed E-state index contributed by atoms with van der Waals surface area (Å²) in [7, 11) is -3.58. The molecule has 8 nitrogen and oxygen atoms in total. The summed E-state index contributed by atoms with van der Waals surface area (Å²) < 4.78 is 37.4. The molecule has 0 atom stereocenters. The van der Waals surface area contributed by atoms with Crippen LogP contribution < -0.4 is 14.2 Å². The van der Waals surface area contributed by atoms with E-state index >= 15 is 0 Å². The van der Waals surface area contributed by atoms with Gasteiger partial charge in [-0.25, -0.2) is 13.1 Å². The Bertz CT molecular complexity index is 1060. The quantitative estimate of drug-likeness (QED) is 0.653. The number of amides is 1. The number of benzene rings is 2. The van der Waals surface area contributed by atoms with Crippen molar-refractivity contribution in [2.75, 3.05) is 39.5 Å². The zero-order valence-electron chi connectivity index (χ0n) is 17.8. The number of sulfonamides is 1. The maximum atomic E-state index is 12.5. The van der Waals surface area contributed by atoms with Gasteiger partial charge in [-0.05, 0) is 29.3 Å². The van der Waals surface area contributed by atoms with Gasteiger partial charge in [0, 0.05) is 51.1 Å². The lowest BCUT2D eigenvalue weighted by Gasteiger charge is -2.34. The molecule has 2 aliphatic rings. The van der Waals surface area contributed by atoms with Gasteiger partial charge < -0.3 is 14.4 Å². The third-order valence-electron chi connectivity index (χ3n) is 5.45. The number of carbonyl (C=O) groups excluding carboxylic acids is 1. The molecule has 0 bridgehead atoms. The van der Waals surface area contributed by atoms with E-state index in [4.69, 9.17) is 9.47 Å². The van der Waals surface area contributed by atoms with Gasteiger partial charge in [0.25, 0.3) is 0 Å². The monoisotopic (exact) mass is 457 g/mol. The highest BCUT2D eigenvalue weighted by Gasteiger charge is 2.22. The van der Waals surface area contributed by atoms with Crippen LogP contribution in [-0.2, 0) is 21.4 Å². The minimum atomic E-state index is -3.58. The first-order valence-electron chi connectivity index (χ1n) is 10.6. The van der Waals surface area contributed by atoms with Gasteiger partial charge in [-0.3, -0.25) is 9.69 Å². The van der Waals surface area contributed by atoms with Gasteiger partial charge in [0.15, 0.2) is 11.5 Å². The zero-order chi connectivity index (χ0) is 22.4. The molecule has 0 aliphatic carbocycles. The van der Waals surface area contributed by atoms with E-state index < -0.39 is 10.0 Å². The molecular formula is C23H27N3O5S. The molecule has 1 N–H and O–H groups in total. The Balaban J connectivity index is 1.18. The predicted molar refractivity (Wildman–Crippen MR) is 121 cm³/mol. The van der Waals surface area contributed by atoms with Crippen LogP contribution in [0.4, 0.5) is 0 Å². The summed E-state index contributed by atoms with van der Waals surface area (Å²) in [6.07, 6.45) is 1.67. The molecule has 0 aromatic heterocycles. The molecule has 170 valence electrons. The Morgan fingerprint density at radius 1 is 1.00 bits per heavy atom. The fraction of sp³-hybridized carbons (Fsp3) is 0.348. The summed E-state index contributed by atoms with van der Waals surface area (Å²) in [6, 6.07) is 15.1. The van der Waals surface area contributed by atoms with E-state index in [1.165, 1.54) is 6.08 Å². The SMILES string of the molecule is O=C(CCNS(=O)(=O)C=Cc1ccccc1)N1CCN(Cc2ccc3c(c2)OCO3)CC1. The van der Waals surface area contributed by atoms with Gasteiger partial charge in [-0.15, -0.1) is 0 Å². The Hall–Kier alpha value is -2.88. The van der Waals surface area contributed by atoms with Crippen molar-refractivity contribution >= 4 is 22.0 Å². The van der Waals surface area contributed by atoms with Crippen LogP contribution >= 0.6 is 0 Å². The number of nitrogens with one attached hydrogen (secondary N) is 1. The van der Waals surface area contributed by atoms with Crippen LogP contribution in [0.25, 0.3) is 6.08 Å². The van der Waals surface area contributed by atoms with Crippen molar-refractivity contribution < 1.29 is 22.7 Å². The van der Waals surface area contributed by atoms with E-state index in [2.05, 4.69) is 9.62 Å². The third kappa shape index (κ3) is 6.09. The maximum Gasteiger partial charge on any atom is 0.233 e. The first-order chi connectivity index (χ1) is 15.5. The number of ether oxygens (including phenoxy) is 2. The number of hydrogen-bond donors (Lipinski definition) is 1. The molecule has 2 aromatic carbocycles. The topological polar surface area (TPSA) is 88.2 Å². The molecule has 0 spiro atoms. The van der Waals surface area contributed by atoms with E-state index in [9.17, 15) is 13.2 Å². The van der Waals surface area contributed by atoms with E-state index in [0.29, 0.717) is 13.1 Å². The number of rotatable bonds is 8. The number of fused-ring (bicyclic) bond motifs is 1. The van der Waals surface area contributed by atoms with Crippen LogP contribution in [0, 0.1) is 0 Å². The highest BCUT2D eigenvalue weighted by Crippen LogP contribution is 2.32. The van der Waals surface area contributed by atoms with Gasteiger partial charge in [-0.2, -0.15) is 0 Å². The smallest absolute Gasteiger partial charge is 0.233 e. The molecule has 1 amide bonds. The molecular weight excluding hydrogens is 430 g/mol. The molecule has 2 aliphatic heterocycles. The average molecular weight is 458 g/mol. The predicted octanol–water partition coefficient (Wildman–Crippen LogP) is 2.04. The van der Waals surface area contributed by atoms with Crippen LogP contribution in [-0.4, -0.2) is 63.6 Å². The highest BCUT2D eigenvalue weighted by molar-refractivity contribution is 7.92. The molecule has 0 radical (unpaired) electrons. The van der Waals surface area contributed by atoms with Gasteiger partial charge in [0.2, 0.25) is 22.7 Å². The Morgan fingerprint density at radius 3 is 2.53 bits per heavy atom. The molecule has 32 heavy (non-hydrogen) atoms. The summed E-state index contributed by atoms with van der Waals surface area (Å²) >= 11 is 0. The molecule has 0 saturated carbocycles. The van der Waals surface area contributed by atoms with Gasteiger partial charge in [-0.1, -0.05) is 36.4 Å². The van der Waals surface area contributed by atoms with Crippen LogP contribution in [0.5, 0.6) is 11.5 Å². The van der Waals surface area contributed by atoms with E-state index in [0.717, 1.165) is 47.7 Å². The third-order valence-corrected chi connectivity index (χ3v) is 6.55. The molecule has 0 unspecified atom stereocenters. The van der Waals surface area contributed by atoms with Crippen LogP contribution in [0.1, 0.15) is 17.5 Å². The number of piperazine rings is 1. The fourth-order valence-electron chi connectivity index (χ4n) is 3.69. The second-order valence-electron chi connectivity index (χ2n) is 7.75. The average Bonchev–Trinajstić information content (AvgIpc) is 3.27. The van der Waals surface area contributed by atoms with E-state index in [-0.39, 0.29) is 25.7 Å². The first-order valence-corrected chi connectivity index (χ1v) is 12.1. The van der Waals surface area contributed by atoms with Crippen molar-refractivity contribution in [3.63, 3.8) is 0 Å². The zero-order valence-corrected chi connectivity index (χ0v) is 18.6. The van der Waals surface area contributed by atoms with Gasteiger partial charge in [0.05, 0.1) is 0 Å². The van der Waals surface area contributed by atoms with Crippen LogP contribution in [0.2, 0.25) is 0 Å². The van der Waals surface area contributed by atoms with Crippen molar-refractivity contribution in [1.82, 2.24) is 14.5 Å². The van der Waals surface area contributed by atoms with Crippen molar-refractivity contribution in [3.05, 3.63) is 65.1 Å². The summed E-state index contributed by atoms with van der Waals surface area (Å²) in [5.74, 6) is 1.51. The standard InChI is InChI=1S/C23H27N3O5S/c27-23(8-10-24-32(28,29)15-9-19-4-2-1-3-5-19)26-13-11-25(12-14-26)17-20-6-7-21-22(16-20)31-18-30-21/h1-7,9,15-16,24H,8,10-14,17-18H2. The van der Waals surface area contributed by atoms with Crippen LogP contribution in [0.15, 0.2) is 53.9 Å². The summed E-state index contributed by atoms with van der Waals surface area (Å²) in [6.45, 7) is 3.93. The maximum absolute atomic E-state index is 12.5. The summed E-state index contributed by atoms with van der Waals surface area (Å²) in [4.78, 5) is 16.6. The Kier molecular flexibility index (Phi) is 7.09. The van der Waals surface area contributed by atoms with Crippen molar-refractivity contribution in [3.8, 4) is 11.5 Å². The molecule has 9 heteroatoms. The summed E-state index contributed by atoms with van der Waals surface area (Å²) in [5, 5.41) is 1.13. The van der Waals surface area contributed by atoms with Crippen molar-refractivity contribution in [2.24, 2.45) is 0 Å². The van der Waals surface area contributed by atoms with Gasteiger partial charge >= 0.3 is 0 Å². The van der Waals surface area contributed by atoms with E-state index in [1.807, 2.05) is 48.5 Å². The molecule has 2 aromatic rings. The van der Waals surface area contributed by atoms with Crippen molar-refractivity contribution in [1.29, 1.82) is 0 Å². The molecule has 1 saturated heterocycles. The normalized spacial score (nSPS) is 16.6. The Labute approximate surface area is 188 Å².